The van der Waals surface area contributed by atoms with Crippen LogP contribution in [0.1, 0.15) is 5.56 Å². The first-order chi connectivity index (χ1) is 14.9. The van der Waals surface area contributed by atoms with Crippen molar-refractivity contribution in [1.82, 2.24) is 25.1 Å². The normalized spacial score (nSPS) is 14.7. The number of aromatic amines is 1. The van der Waals surface area contributed by atoms with Crippen LogP contribution in [0, 0.1) is 0 Å². The average Bonchev–Trinajstić information content (AvgIpc) is 3.29. The number of piperazine rings is 1. The largest absolute Gasteiger partial charge is 0.338 e. The molecule has 6 heteroatoms. The third-order valence-electron chi connectivity index (χ3n) is 5.60. The molecule has 5 rings (SSSR count). The van der Waals surface area contributed by atoms with Crippen molar-refractivity contribution in [2.45, 2.75) is 6.54 Å². The second kappa shape index (κ2) is 8.47. The zero-order valence-electron chi connectivity index (χ0n) is 16.8. The van der Waals surface area contributed by atoms with Crippen LogP contribution in [-0.2, 0) is 6.54 Å². The SMILES string of the molecule is c1ccc(-c2ccc(-c3[nH]ncc3CN3CCN(c4ncccn4)CC3)cc2)cc1. The zero-order chi connectivity index (χ0) is 20.2. The molecule has 2 aromatic carbocycles. The quantitative estimate of drug-likeness (QED) is 0.555. The van der Waals surface area contributed by atoms with E-state index >= 15 is 0 Å². The lowest BCUT2D eigenvalue weighted by atomic mass is 10.0. The number of hydrogen-bond donors (Lipinski definition) is 1. The van der Waals surface area contributed by atoms with E-state index in [4.69, 9.17) is 0 Å². The fourth-order valence-electron chi connectivity index (χ4n) is 3.94. The monoisotopic (exact) mass is 396 g/mol. The number of nitrogens with zero attached hydrogens (tertiary/aromatic N) is 5. The number of hydrogen-bond acceptors (Lipinski definition) is 5. The summed E-state index contributed by atoms with van der Waals surface area (Å²) >= 11 is 0. The second-order valence-corrected chi connectivity index (χ2v) is 7.53. The smallest absolute Gasteiger partial charge is 0.225 e. The Hall–Kier alpha value is -3.51. The van der Waals surface area contributed by atoms with Crippen LogP contribution in [0.4, 0.5) is 5.95 Å². The molecule has 0 atom stereocenters. The Labute approximate surface area is 176 Å². The van der Waals surface area contributed by atoms with Crippen molar-refractivity contribution >= 4 is 5.95 Å². The van der Waals surface area contributed by atoms with Crippen molar-refractivity contribution in [2.75, 3.05) is 31.1 Å². The van der Waals surface area contributed by atoms with E-state index in [1.807, 2.05) is 18.3 Å². The van der Waals surface area contributed by atoms with E-state index in [2.05, 4.69) is 78.5 Å². The topological polar surface area (TPSA) is 60.9 Å². The first kappa shape index (κ1) is 18.5. The molecule has 0 bridgehead atoms. The van der Waals surface area contributed by atoms with Gasteiger partial charge in [-0.3, -0.25) is 10.00 Å². The van der Waals surface area contributed by atoms with Crippen molar-refractivity contribution in [3.63, 3.8) is 0 Å². The molecule has 0 radical (unpaired) electrons. The van der Waals surface area contributed by atoms with Crippen LogP contribution in [0.5, 0.6) is 0 Å². The molecule has 0 unspecified atom stereocenters. The molecule has 1 fully saturated rings. The highest BCUT2D eigenvalue weighted by Gasteiger charge is 2.20. The van der Waals surface area contributed by atoms with Crippen LogP contribution >= 0.6 is 0 Å². The first-order valence-electron chi connectivity index (χ1n) is 10.3. The lowest BCUT2D eigenvalue weighted by molar-refractivity contribution is 0.249. The molecule has 30 heavy (non-hydrogen) atoms. The fourth-order valence-corrected chi connectivity index (χ4v) is 3.94. The second-order valence-electron chi connectivity index (χ2n) is 7.53. The lowest BCUT2D eigenvalue weighted by Crippen LogP contribution is -2.46. The van der Waals surface area contributed by atoms with Crippen LogP contribution in [0.15, 0.2) is 79.3 Å². The Morgan fingerprint density at radius 3 is 2.13 bits per heavy atom. The molecule has 2 aromatic heterocycles. The summed E-state index contributed by atoms with van der Waals surface area (Å²) in [6.07, 6.45) is 5.55. The summed E-state index contributed by atoms with van der Waals surface area (Å²) in [4.78, 5) is 13.4. The van der Waals surface area contributed by atoms with E-state index in [1.165, 1.54) is 22.3 Å². The minimum absolute atomic E-state index is 0.819. The minimum atomic E-state index is 0.819. The van der Waals surface area contributed by atoms with Crippen LogP contribution in [-0.4, -0.2) is 51.2 Å². The van der Waals surface area contributed by atoms with E-state index in [-0.39, 0.29) is 0 Å². The van der Waals surface area contributed by atoms with E-state index < -0.39 is 0 Å². The summed E-state index contributed by atoms with van der Waals surface area (Å²) in [5, 5.41) is 7.52. The molecule has 6 nitrogen and oxygen atoms in total. The fraction of sp³-hybridized carbons (Fsp3) is 0.208. The lowest BCUT2D eigenvalue weighted by Gasteiger charge is -2.34. The highest BCUT2D eigenvalue weighted by atomic mass is 15.3. The van der Waals surface area contributed by atoms with Gasteiger partial charge >= 0.3 is 0 Å². The van der Waals surface area contributed by atoms with Crippen LogP contribution in [0.2, 0.25) is 0 Å². The molecule has 1 aliphatic rings. The van der Waals surface area contributed by atoms with E-state index in [1.54, 1.807) is 12.4 Å². The Morgan fingerprint density at radius 2 is 1.40 bits per heavy atom. The molecule has 0 aliphatic carbocycles. The van der Waals surface area contributed by atoms with Gasteiger partial charge in [-0.05, 0) is 22.8 Å². The molecular formula is C24H24N6. The molecule has 0 saturated carbocycles. The van der Waals surface area contributed by atoms with Gasteiger partial charge in [-0.15, -0.1) is 0 Å². The number of benzene rings is 2. The van der Waals surface area contributed by atoms with Gasteiger partial charge in [0.2, 0.25) is 5.95 Å². The van der Waals surface area contributed by atoms with Gasteiger partial charge in [0.25, 0.3) is 0 Å². The average molecular weight is 396 g/mol. The maximum atomic E-state index is 4.37. The molecule has 0 amide bonds. The number of aromatic nitrogens is 4. The summed E-state index contributed by atoms with van der Waals surface area (Å²) in [5.41, 5.74) is 5.95. The van der Waals surface area contributed by atoms with Crippen LogP contribution < -0.4 is 4.90 Å². The van der Waals surface area contributed by atoms with Crippen molar-refractivity contribution in [3.05, 3.63) is 84.8 Å². The van der Waals surface area contributed by atoms with Crippen molar-refractivity contribution in [1.29, 1.82) is 0 Å². The highest BCUT2D eigenvalue weighted by Crippen LogP contribution is 2.26. The molecule has 3 heterocycles. The number of anilines is 1. The van der Waals surface area contributed by atoms with E-state index in [0.29, 0.717) is 0 Å². The van der Waals surface area contributed by atoms with Gasteiger partial charge in [0, 0.05) is 50.7 Å². The predicted molar refractivity (Wildman–Crippen MR) is 119 cm³/mol. The molecule has 0 spiro atoms. The van der Waals surface area contributed by atoms with E-state index in [9.17, 15) is 0 Å². The summed E-state index contributed by atoms with van der Waals surface area (Å²) < 4.78 is 0. The zero-order valence-corrected chi connectivity index (χ0v) is 16.8. The van der Waals surface area contributed by atoms with Gasteiger partial charge in [0.15, 0.2) is 0 Å². The molecule has 4 aromatic rings. The van der Waals surface area contributed by atoms with Crippen molar-refractivity contribution in [3.8, 4) is 22.4 Å². The number of rotatable bonds is 5. The molecule has 1 N–H and O–H groups in total. The van der Waals surface area contributed by atoms with Gasteiger partial charge in [-0.25, -0.2) is 9.97 Å². The Kier molecular flexibility index (Phi) is 5.23. The standard InChI is InChI=1S/C24H24N6/c1-2-5-19(6-3-1)20-7-9-21(10-8-20)23-22(17-27-28-23)18-29-13-15-30(16-14-29)24-25-11-4-12-26-24/h1-12,17H,13-16,18H2,(H,27,28). The summed E-state index contributed by atoms with van der Waals surface area (Å²) in [5.74, 6) is 0.819. The predicted octanol–water partition coefficient (Wildman–Crippen LogP) is 3.86. The Balaban J connectivity index is 1.26. The number of nitrogens with one attached hydrogen (secondary N) is 1. The molecular weight excluding hydrogens is 372 g/mol. The van der Waals surface area contributed by atoms with Gasteiger partial charge in [0.1, 0.15) is 0 Å². The van der Waals surface area contributed by atoms with E-state index in [0.717, 1.165) is 44.4 Å². The van der Waals surface area contributed by atoms with Gasteiger partial charge in [0.05, 0.1) is 11.9 Å². The van der Waals surface area contributed by atoms with Gasteiger partial charge in [-0.2, -0.15) is 5.10 Å². The first-order valence-corrected chi connectivity index (χ1v) is 10.3. The maximum absolute atomic E-state index is 4.37. The van der Waals surface area contributed by atoms with Gasteiger partial charge in [-0.1, -0.05) is 54.6 Å². The summed E-state index contributed by atoms with van der Waals surface area (Å²) in [6.45, 7) is 4.72. The molecule has 1 aliphatic heterocycles. The summed E-state index contributed by atoms with van der Waals surface area (Å²) in [6, 6.07) is 21.0. The Morgan fingerprint density at radius 1 is 0.733 bits per heavy atom. The van der Waals surface area contributed by atoms with Crippen LogP contribution in [0.25, 0.3) is 22.4 Å². The van der Waals surface area contributed by atoms with Crippen LogP contribution in [0.3, 0.4) is 0 Å². The summed E-state index contributed by atoms with van der Waals surface area (Å²) in [7, 11) is 0. The third-order valence-corrected chi connectivity index (χ3v) is 5.60. The number of H-pyrrole nitrogens is 1. The highest BCUT2D eigenvalue weighted by molar-refractivity contribution is 5.70. The molecule has 150 valence electrons. The Bertz CT molecular complexity index is 1070. The van der Waals surface area contributed by atoms with Gasteiger partial charge < -0.3 is 4.90 Å². The van der Waals surface area contributed by atoms with Crippen molar-refractivity contribution in [2.24, 2.45) is 0 Å². The van der Waals surface area contributed by atoms with Crippen molar-refractivity contribution < 1.29 is 0 Å². The minimum Gasteiger partial charge on any atom is -0.338 e. The molecule has 1 saturated heterocycles. The third kappa shape index (κ3) is 3.95. The maximum Gasteiger partial charge on any atom is 0.225 e.